The normalized spacial score (nSPS) is 13.5. The van der Waals surface area contributed by atoms with Gasteiger partial charge in [0.1, 0.15) is 17.1 Å². The molecule has 0 aliphatic rings. The van der Waals surface area contributed by atoms with Gasteiger partial charge in [0.15, 0.2) is 0 Å². The molecule has 1 aromatic rings. The molecule has 0 aromatic heterocycles. The Bertz CT molecular complexity index is 484. The molecule has 0 aliphatic carbocycles. The zero-order valence-electron chi connectivity index (χ0n) is 13.2. The number of nitrogens with one attached hydrogen (secondary N) is 1. The lowest BCUT2D eigenvalue weighted by atomic mass is 9.92. The first-order valence-corrected chi connectivity index (χ1v) is 7.62. The zero-order valence-corrected chi connectivity index (χ0v) is 13.2. The molecule has 0 bridgehead atoms. The highest BCUT2D eigenvalue weighted by molar-refractivity contribution is 5.28. The Balaban J connectivity index is 2.44. The van der Waals surface area contributed by atoms with E-state index in [0.29, 0.717) is 17.9 Å². The van der Waals surface area contributed by atoms with E-state index in [1.54, 1.807) is 19.1 Å². The maximum absolute atomic E-state index is 13.2. The third-order valence-corrected chi connectivity index (χ3v) is 3.68. The summed E-state index contributed by atoms with van der Waals surface area (Å²) in [6, 6.07) is 7.15. The molecular weight excluding hydrogens is 267 g/mol. The number of ether oxygens (including phenoxy) is 1. The molecule has 116 valence electrons. The summed E-state index contributed by atoms with van der Waals surface area (Å²) in [4.78, 5) is 0. The van der Waals surface area contributed by atoms with E-state index < -0.39 is 5.54 Å². The van der Waals surface area contributed by atoms with Crippen LogP contribution in [0.15, 0.2) is 18.2 Å². The molecule has 0 heterocycles. The molecule has 0 aliphatic heterocycles. The smallest absolute Gasteiger partial charge is 0.126 e. The summed E-state index contributed by atoms with van der Waals surface area (Å²) in [7, 11) is 0. The van der Waals surface area contributed by atoms with E-state index >= 15 is 0 Å². The Morgan fingerprint density at radius 3 is 2.71 bits per heavy atom. The van der Waals surface area contributed by atoms with Crippen LogP contribution in [0, 0.1) is 24.1 Å². The van der Waals surface area contributed by atoms with Crippen LogP contribution in [0.3, 0.4) is 0 Å². The maximum Gasteiger partial charge on any atom is 0.126 e. The first kappa shape index (κ1) is 17.5. The molecule has 0 spiro atoms. The van der Waals surface area contributed by atoms with Crippen molar-refractivity contribution in [1.29, 1.82) is 5.26 Å². The van der Waals surface area contributed by atoms with Gasteiger partial charge >= 0.3 is 0 Å². The van der Waals surface area contributed by atoms with Gasteiger partial charge in [0.2, 0.25) is 0 Å². The number of hydrogen-bond donors (Lipinski definition) is 1. The van der Waals surface area contributed by atoms with Crippen molar-refractivity contribution in [3.63, 3.8) is 0 Å². The maximum atomic E-state index is 13.2. The van der Waals surface area contributed by atoms with Gasteiger partial charge in [-0.15, -0.1) is 0 Å². The van der Waals surface area contributed by atoms with Crippen LogP contribution in [0.25, 0.3) is 0 Å². The average molecular weight is 292 g/mol. The molecule has 1 unspecified atom stereocenters. The van der Waals surface area contributed by atoms with E-state index in [9.17, 15) is 9.65 Å². The summed E-state index contributed by atoms with van der Waals surface area (Å²) < 4.78 is 18.8. The lowest BCUT2D eigenvalue weighted by Gasteiger charge is -2.26. The van der Waals surface area contributed by atoms with Gasteiger partial charge in [-0.25, -0.2) is 4.39 Å². The number of benzene rings is 1. The third-order valence-electron chi connectivity index (χ3n) is 3.68. The van der Waals surface area contributed by atoms with Gasteiger partial charge in [0.25, 0.3) is 0 Å². The van der Waals surface area contributed by atoms with Crippen LogP contribution in [-0.4, -0.2) is 18.7 Å². The lowest BCUT2D eigenvalue weighted by molar-refractivity contribution is 0.276. The van der Waals surface area contributed by atoms with Crippen molar-refractivity contribution < 1.29 is 9.13 Å². The van der Waals surface area contributed by atoms with Gasteiger partial charge < -0.3 is 4.74 Å². The Labute approximate surface area is 127 Å². The van der Waals surface area contributed by atoms with Crippen molar-refractivity contribution in [1.82, 2.24) is 5.32 Å². The van der Waals surface area contributed by atoms with Crippen molar-refractivity contribution >= 4 is 0 Å². The van der Waals surface area contributed by atoms with Gasteiger partial charge in [0.05, 0.1) is 12.7 Å². The Kier molecular flexibility index (Phi) is 7.18. The van der Waals surface area contributed by atoms with Crippen molar-refractivity contribution in [2.75, 3.05) is 13.2 Å². The number of hydrogen-bond acceptors (Lipinski definition) is 3. The van der Waals surface area contributed by atoms with Crippen LogP contribution in [0.2, 0.25) is 0 Å². The molecule has 4 heteroatoms. The molecule has 1 rings (SSSR count). The monoisotopic (exact) mass is 292 g/mol. The van der Waals surface area contributed by atoms with Crippen LogP contribution in [0.5, 0.6) is 5.75 Å². The quantitative estimate of drug-likeness (QED) is 0.701. The van der Waals surface area contributed by atoms with Gasteiger partial charge in [-0.3, -0.25) is 5.32 Å². The lowest BCUT2D eigenvalue weighted by Crippen LogP contribution is -2.44. The van der Waals surface area contributed by atoms with Crippen LogP contribution in [0.4, 0.5) is 4.39 Å². The molecule has 3 nitrogen and oxygen atoms in total. The number of halogens is 1. The standard InChI is InChI=1S/C17H25FN2O/c1-4-10-20-17(5-2,13-19)9-6-11-21-15-7-8-16(18)14(3)12-15/h7-8,12,20H,4-6,9-11H2,1-3H3. The highest BCUT2D eigenvalue weighted by atomic mass is 19.1. The van der Waals surface area contributed by atoms with Gasteiger partial charge in [-0.2, -0.15) is 5.26 Å². The van der Waals surface area contributed by atoms with E-state index in [1.165, 1.54) is 6.07 Å². The minimum atomic E-state index is -0.460. The van der Waals surface area contributed by atoms with Gasteiger partial charge in [-0.1, -0.05) is 13.8 Å². The number of rotatable bonds is 9. The Hall–Kier alpha value is -1.60. The molecule has 0 fully saturated rings. The fourth-order valence-corrected chi connectivity index (χ4v) is 2.20. The summed E-state index contributed by atoms with van der Waals surface area (Å²) in [5.74, 6) is 0.454. The number of aryl methyl sites for hydroxylation is 1. The first-order valence-electron chi connectivity index (χ1n) is 7.62. The fraction of sp³-hybridized carbons (Fsp3) is 0.588. The Morgan fingerprint density at radius 2 is 2.14 bits per heavy atom. The molecule has 0 saturated carbocycles. The zero-order chi connectivity index (χ0) is 15.7. The summed E-state index contributed by atoms with van der Waals surface area (Å²) in [5, 5.41) is 12.7. The Morgan fingerprint density at radius 1 is 1.38 bits per heavy atom. The molecule has 1 N–H and O–H groups in total. The predicted molar refractivity (Wildman–Crippen MR) is 82.8 cm³/mol. The van der Waals surface area contributed by atoms with E-state index in [4.69, 9.17) is 4.74 Å². The van der Waals surface area contributed by atoms with Crippen molar-refractivity contribution in [2.45, 2.75) is 52.0 Å². The second-order valence-electron chi connectivity index (χ2n) is 5.34. The van der Waals surface area contributed by atoms with E-state index in [1.807, 2.05) is 6.92 Å². The molecule has 0 saturated heterocycles. The minimum Gasteiger partial charge on any atom is -0.494 e. The highest BCUT2D eigenvalue weighted by Gasteiger charge is 2.26. The van der Waals surface area contributed by atoms with E-state index in [-0.39, 0.29) is 5.82 Å². The third kappa shape index (κ3) is 5.35. The number of nitrogens with zero attached hydrogens (tertiary/aromatic N) is 1. The molecule has 1 aromatic carbocycles. The molecule has 21 heavy (non-hydrogen) atoms. The second-order valence-corrected chi connectivity index (χ2v) is 5.34. The van der Waals surface area contributed by atoms with Crippen LogP contribution >= 0.6 is 0 Å². The topological polar surface area (TPSA) is 45.0 Å². The van der Waals surface area contributed by atoms with Crippen molar-refractivity contribution in [2.24, 2.45) is 0 Å². The largest absolute Gasteiger partial charge is 0.494 e. The van der Waals surface area contributed by atoms with Gasteiger partial charge in [-0.05, 0) is 62.9 Å². The fourth-order valence-electron chi connectivity index (χ4n) is 2.20. The van der Waals surface area contributed by atoms with Crippen LogP contribution in [-0.2, 0) is 0 Å². The first-order chi connectivity index (χ1) is 10.1. The molecule has 0 radical (unpaired) electrons. The summed E-state index contributed by atoms with van der Waals surface area (Å²) in [6.45, 7) is 7.21. The average Bonchev–Trinajstić information content (AvgIpc) is 2.50. The molecule has 1 atom stereocenters. The summed E-state index contributed by atoms with van der Waals surface area (Å²) in [5.41, 5.74) is 0.120. The van der Waals surface area contributed by atoms with Crippen molar-refractivity contribution in [3.05, 3.63) is 29.6 Å². The van der Waals surface area contributed by atoms with Crippen molar-refractivity contribution in [3.8, 4) is 11.8 Å². The van der Waals surface area contributed by atoms with Crippen LogP contribution in [0.1, 0.15) is 45.1 Å². The summed E-state index contributed by atoms with van der Waals surface area (Å²) >= 11 is 0. The SMILES string of the molecule is CCCNC(C#N)(CC)CCCOc1ccc(F)c(C)c1. The van der Waals surface area contributed by atoms with Gasteiger partial charge in [0, 0.05) is 0 Å². The highest BCUT2D eigenvalue weighted by Crippen LogP contribution is 2.19. The molecule has 0 amide bonds. The predicted octanol–water partition coefficient (Wildman–Crippen LogP) is 3.97. The van der Waals surface area contributed by atoms with E-state index in [2.05, 4.69) is 18.3 Å². The van der Waals surface area contributed by atoms with E-state index in [0.717, 1.165) is 32.2 Å². The molecular formula is C17H25FN2O. The van der Waals surface area contributed by atoms with Crippen LogP contribution < -0.4 is 10.1 Å². The minimum absolute atomic E-state index is 0.222. The number of nitriles is 1. The second kappa shape index (κ2) is 8.63. The summed E-state index contributed by atoms with van der Waals surface area (Å²) in [6.07, 6.45) is 3.32.